The van der Waals surface area contributed by atoms with Gasteiger partial charge in [-0.2, -0.15) is 4.37 Å². The van der Waals surface area contributed by atoms with Crippen LogP contribution in [0, 0.1) is 0 Å². The van der Waals surface area contributed by atoms with Gasteiger partial charge in [0.1, 0.15) is 4.83 Å². The van der Waals surface area contributed by atoms with Crippen LogP contribution >= 0.6 is 27.5 Å². The number of aryl methyl sites for hydroxylation is 1. The van der Waals surface area contributed by atoms with Crippen LogP contribution < -0.4 is 0 Å². The second-order valence-corrected chi connectivity index (χ2v) is 3.77. The van der Waals surface area contributed by atoms with Crippen molar-refractivity contribution in [1.29, 1.82) is 0 Å². The molecule has 0 aliphatic heterocycles. The molecule has 0 aliphatic carbocycles. The maximum absolute atomic E-state index is 4.07. The lowest BCUT2D eigenvalue weighted by molar-refractivity contribution is 0.975. The van der Waals surface area contributed by atoms with Gasteiger partial charge in [0.2, 0.25) is 0 Å². The molecule has 4 heteroatoms. The van der Waals surface area contributed by atoms with E-state index in [4.69, 9.17) is 0 Å². The summed E-state index contributed by atoms with van der Waals surface area (Å²) in [4.78, 5) is 1.21. The summed E-state index contributed by atoms with van der Waals surface area (Å²) in [7, 11) is 2.02. The predicted octanol–water partition coefficient (Wildman–Crippen LogP) is 2.40. The topological polar surface area (TPSA) is 17.8 Å². The van der Waals surface area contributed by atoms with Crippen LogP contribution in [0.2, 0.25) is 0 Å². The quantitative estimate of drug-likeness (QED) is 0.662. The summed E-state index contributed by atoms with van der Waals surface area (Å²) in [6, 6.07) is 0. The van der Waals surface area contributed by atoms with Gasteiger partial charge in [0.15, 0.2) is 0 Å². The van der Waals surface area contributed by atoms with Crippen molar-refractivity contribution < 1.29 is 0 Å². The maximum atomic E-state index is 4.07. The lowest BCUT2D eigenvalue weighted by Crippen LogP contribution is -1.78. The van der Waals surface area contributed by atoms with E-state index >= 15 is 0 Å². The van der Waals surface area contributed by atoms with Gasteiger partial charge in [-0.3, -0.25) is 0 Å². The van der Waals surface area contributed by atoms with E-state index in [9.17, 15) is 0 Å². The first kappa shape index (κ1) is 6.37. The van der Waals surface area contributed by atoms with Crippen molar-refractivity contribution in [3.05, 3.63) is 16.9 Å². The molecule has 0 fully saturated rings. The largest absolute Gasteiger partial charge is 0.340 e. The number of fused-ring (bicyclic) bond motifs is 1. The molecular weight excluding hydrogens is 212 g/mol. The molecule has 52 valence electrons. The van der Waals surface area contributed by atoms with Crippen LogP contribution in [-0.2, 0) is 7.05 Å². The van der Waals surface area contributed by atoms with Gasteiger partial charge < -0.3 is 4.57 Å². The fourth-order valence-corrected chi connectivity index (χ4v) is 2.38. The molecule has 0 saturated carbocycles. The molecule has 0 amide bonds. The number of halogens is 1. The van der Waals surface area contributed by atoms with Gasteiger partial charge in [-0.25, -0.2) is 0 Å². The van der Waals surface area contributed by atoms with Crippen molar-refractivity contribution in [2.45, 2.75) is 0 Å². The van der Waals surface area contributed by atoms with E-state index in [1.807, 2.05) is 19.4 Å². The Balaban J connectivity index is 2.98. The van der Waals surface area contributed by atoms with Gasteiger partial charge in [-0.1, -0.05) is 0 Å². The highest BCUT2D eigenvalue weighted by molar-refractivity contribution is 9.10. The molecule has 0 unspecified atom stereocenters. The van der Waals surface area contributed by atoms with Crippen molar-refractivity contribution in [3.63, 3.8) is 0 Å². The fourth-order valence-electron chi connectivity index (χ4n) is 0.950. The van der Waals surface area contributed by atoms with E-state index in [1.54, 1.807) is 0 Å². The molecule has 2 nitrogen and oxygen atoms in total. The van der Waals surface area contributed by atoms with E-state index in [0.717, 1.165) is 4.47 Å². The SMILES string of the molecule is Cn1cc(Br)c2cnsc21. The lowest BCUT2D eigenvalue weighted by atomic mass is 10.5. The van der Waals surface area contributed by atoms with Crippen LogP contribution in [0.15, 0.2) is 16.9 Å². The first-order valence-electron chi connectivity index (χ1n) is 2.84. The third kappa shape index (κ3) is 0.722. The molecule has 0 aliphatic rings. The molecule has 2 aromatic heterocycles. The van der Waals surface area contributed by atoms with Crippen molar-refractivity contribution in [3.8, 4) is 0 Å². The number of hydrogen-bond donors (Lipinski definition) is 0. The van der Waals surface area contributed by atoms with E-state index in [0.29, 0.717) is 0 Å². The van der Waals surface area contributed by atoms with Crippen molar-refractivity contribution in [2.75, 3.05) is 0 Å². The van der Waals surface area contributed by atoms with Crippen molar-refractivity contribution in [2.24, 2.45) is 7.05 Å². The Hall–Kier alpha value is -0.350. The van der Waals surface area contributed by atoms with Gasteiger partial charge in [-0.15, -0.1) is 0 Å². The molecule has 0 radical (unpaired) electrons. The van der Waals surface area contributed by atoms with Gasteiger partial charge in [0.05, 0.1) is 6.20 Å². The Morgan fingerprint density at radius 1 is 1.70 bits per heavy atom. The van der Waals surface area contributed by atoms with E-state index in [1.165, 1.54) is 21.7 Å². The van der Waals surface area contributed by atoms with Crippen LogP contribution in [0.4, 0.5) is 0 Å². The van der Waals surface area contributed by atoms with Crippen LogP contribution in [0.25, 0.3) is 10.2 Å². The molecule has 2 heterocycles. The molecular formula is C6H5BrN2S. The molecule has 2 rings (SSSR count). The van der Waals surface area contributed by atoms with E-state index in [2.05, 4.69) is 24.9 Å². The average molecular weight is 217 g/mol. The highest BCUT2D eigenvalue weighted by atomic mass is 79.9. The molecule has 0 spiro atoms. The third-order valence-electron chi connectivity index (χ3n) is 1.44. The van der Waals surface area contributed by atoms with Gasteiger partial charge in [-0.05, 0) is 27.5 Å². The molecule has 0 atom stereocenters. The number of rotatable bonds is 0. The van der Waals surface area contributed by atoms with Gasteiger partial charge in [0.25, 0.3) is 0 Å². The highest BCUT2D eigenvalue weighted by Gasteiger charge is 2.04. The van der Waals surface area contributed by atoms with Crippen LogP contribution in [-0.4, -0.2) is 8.94 Å². The Labute approximate surface area is 70.8 Å². The Kier molecular flexibility index (Phi) is 1.32. The Bertz CT molecular complexity index is 331. The molecule has 0 N–H and O–H groups in total. The minimum atomic E-state index is 1.12. The number of aromatic nitrogens is 2. The summed E-state index contributed by atoms with van der Waals surface area (Å²) < 4.78 is 7.26. The van der Waals surface area contributed by atoms with Gasteiger partial charge >= 0.3 is 0 Å². The normalized spacial score (nSPS) is 11.0. The third-order valence-corrected chi connectivity index (χ3v) is 2.96. The van der Waals surface area contributed by atoms with Crippen LogP contribution in [0.5, 0.6) is 0 Å². The first-order chi connectivity index (χ1) is 4.79. The summed E-state index contributed by atoms with van der Waals surface area (Å²) in [5.41, 5.74) is 0. The van der Waals surface area contributed by atoms with Crippen LogP contribution in [0.1, 0.15) is 0 Å². The number of nitrogens with zero attached hydrogens (tertiary/aromatic N) is 2. The minimum absolute atomic E-state index is 1.12. The summed E-state index contributed by atoms with van der Waals surface area (Å²) in [6.45, 7) is 0. The smallest absolute Gasteiger partial charge is 0.124 e. The standard InChI is InChI=1S/C6H5BrN2S/c1-9-3-5(7)4-2-8-10-6(4)9/h2-3H,1H3. The van der Waals surface area contributed by atoms with Crippen LogP contribution in [0.3, 0.4) is 0 Å². The Morgan fingerprint density at radius 2 is 2.50 bits per heavy atom. The molecule has 0 aromatic carbocycles. The second-order valence-electron chi connectivity index (χ2n) is 2.13. The molecule has 10 heavy (non-hydrogen) atoms. The van der Waals surface area contributed by atoms with Crippen molar-refractivity contribution >= 4 is 37.7 Å². The van der Waals surface area contributed by atoms with Gasteiger partial charge in [0, 0.05) is 23.1 Å². The van der Waals surface area contributed by atoms with E-state index in [-0.39, 0.29) is 0 Å². The molecule has 2 aromatic rings. The average Bonchev–Trinajstić information content (AvgIpc) is 2.39. The summed E-state index contributed by atoms with van der Waals surface area (Å²) in [6.07, 6.45) is 3.92. The molecule has 0 bridgehead atoms. The monoisotopic (exact) mass is 216 g/mol. The summed E-state index contributed by atoms with van der Waals surface area (Å²) in [5, 5.41) is 1.20. The predicted molar refractivity (Wildman–Crippen MR) is 46.3 cm³/mol. The number of hydrogen-bond acceptors (Lipinski definition) is 2. The molecule has 0 saturated heterocycles. The zero-order chi connectivity index (χ0) is 7.14. The van der Waals surface area contributed by atoms with Crippen molar-refractivity contribution in [1.82, 2.24) is 8.94 Å². The van der Waals surface area contributed by atoms with E-state index < -0.39 is 0 Å². The zero-order valence-corrected chi connectivity index (χ0v) is 7.74. The minimum Gasteiger partial charge on any atom is -0.340 e. The first-order valence-corrected chi connectivity index (χ1v) is 4.41. The zero-order valence-electron chi connectivity index (χ0n) is 5.34. The summed E-state index contributed by atoms with van der Waals surface area (Å²) >= 11 is 4.96. The Morgan fingerprint density at radius 3 is 3.20 bits per heavy atom. The summed E-state index contributed by atoms with van der Waals surface area (Å²) in [5.74, 6) is 0. The maximum Gasteiger partial charge on any atom is 0.124 e. The highest BCUT2D eigenvalue weighted by Crippen LogP contribution is 2.27. The lowest BCUT2D eigenvalue weighted by Gasteiger charge is -1.84. The fraction of sp³-hybridized carbons (Fsp3) is 0.167. The second kappa shape index (κ2) is 2.07.